The van der Waals surface area contributed by atoms with Gasteiger partial charge in [0.25, 0.3) is 0 Å². The van der Waals surface area contributed by atoms with Crippen molar-refractivity contribution in [2.45, 2.75) is 13.0 Å². The van der Waals surface area contributed by atoms with Crippen LogP contribution in [0.2, 0.25) is 0 Å². The first-order valence-corrected chi connectivity index (χ1v) is 6.52. The number of hydrogen-bond acceptors (Lipinski definition) is 2. The molecular weight excluding hydrogens is 276 g/mol. The molecule has 0 amide bonds. The number of nitrogens with zero attached hydrogens (tertiary/aromatic N) is 1. The fourth-order valence-electron chi connectivity index (χ4n) is 2.03. The van der Waals surface area contributed by atoms with Crippen molar-refractivity contribution in [1.82, 2.24) is 0 Å². The van der Waals surface area contributed by atoms with Gasteiger partial charge in [-0.3, -0.25) is 4.79 Å². The lowest BCUT2D eigenvalue weighted by Gasteiger charge is -2.24. The summed E-state index contributed by atoms with van der Waals surface area (Å²) in [5.74, 6) is -2.70. The summed E-state index contributed by atoms with van der Waals surface area (Å²) in [7, 11) is 0. The van der Waals surface area contributed by atoms with Gasteiger partial charge in [-0.05, 0) is 29.8 Å². The van der Waals surface area contributed by atoms with Crippen molar-refractivity contribution in [3.8, 4) is 0 Å². The topological polar surface area (TPSA) is 40.5 Å². The minimum atomic E-state index is -0.904. The molecule has 0 aromatic heterocycles. The average molecular weight is 291 g/mol. The predicted octanol–water partition coefficient (Wildman–Crippen LogP) is 3.45. The molecule has 0 aliphatic rings. The zero-order valence-corrected chi connectivity index (χ0v) is 11.3. The number of benzene rings is 2. The third-order valence-electron chi connectivity index (χ3n) is 3.07. The van der Waals surface area contributed by atoms with Crippen molar-refractivity contribution < 1.29 is 18.7 Å². The second kappa shape index (κ2) is 6.83. The van der Waals surface area contributed by atoms with Gasteiger partial charge in [0, 0.05) is 18.8 Å². The molecule has 21 heavy (non-hydrogen) atoms. The molecule has 3 nitrogen and oxygen atoms in total. The molecule has 0 unspecified atom stereocenters. The lowest BCUT2D eigenvalue weighted by molar-refractivity contribution is -0.136. The molecule has 0 saturated heterocycles. The summed E-state index contributed by atoms with van der Waals surface area (Å²) in [5.41, 5.74) is 1.42. The van der Waals surface area contributed by atoms with Crippen LogP contribution in [-0.2, 0) is 11.3 Å². The van der Waals surface area contributed by atoms with Crippen LogP contribution in [0.4, 0.5) is 14.5 Å². The second-order valence-electron chi connectivity index (χ2n) is 4.65. The minimum absolute atomic E-state index is 0.0292. The zero-order valence-electron chi connectivity index (χ0n) is 11.3. The number of hydrogen-bond donors (Lipinski definition) is 1. The second-order valence-corrected chi connectivity index (χ2v) is 4.65. The number of rotatable bonds is 6. The third kappa shape index (κ3) is 4.27. The van der Waals surface area contributed by atoms with E-state index < -0.39 is 17.6 Å². The summed E-state index contributed by atoms with van der Waals surface area (Å²) in [6.45, 7) is 0.604. The molecule has 0 atom stereocenters. The molecule has 0 heterocycles. The van der Waals surface area contributed by atoms with Crippen molar-refractivity contribution >= 4 is 11.7 Å². The van der Waals surface area contributed by atoms with Crippen LogP contribution in [-0.4, -0.2) is 17.6 Å². The molecule has 0 radical (unpaired) electrons. The van der Waals surface area contributed by atoms with Crippen LogP contribution in [0.3, 0.4) is 0 Å². The number of aliphatic carboxylic acids is 1. The van der Waals surface area contributed by atoms with Gasteiger partial charge in [0.05, 0.1) is 6.42 Å². The number of para-hydroxylation sites is 1. The number of carbonyl (C=O) groups is 1. The highest BCUT2D eigenvalue weighted by atomic mass is 19.2. The van der Waals surface area contributed by atoms with Gasteiger partial charge in [-0.2, -0.15) is 0 Å². The Morgan fingerprint density at radius 3 is 2.38 bits per heavy atom. The highest BCUT2D eigenvalue weighted by molar-refractivity contribution is 5.67. The zero-order chi connectivity index (χ0) is 15.2. The highest BCUT2D eigenvalue weighted by Crippen LogP contribution is 2.18. The lowest BCUT2D eigenvalue weighted by atomic mass is 10.1. The van der Waals surface area contributed by atoms with E-state index in [0.29, 0.717) is 18.7 Å². The van der Waals surface area contributed by atoms with Crippen LogP contribution < -0.4 is 4.90 Å². The minimum Gasteiger partial charge on any atom is -0.481 e. The number of carboxylic acids is 1. The summed E-state index contributed by atoms with van der Waals surface area (Å²) in [4.78, 5) is 12.6. The Morgan fingerprint density at radius 1 is 1.05 bits per heavy atom. The molecule has 5 heteroatoms. The molecule has 0 spiro atoms. The summed E-state index contributed by atoms with van der Waals surface area (Å²) in [6.07, 6.45) is -0.0292. The van der Waals surface area contributed by atoms with E-state index in [1.807, 2.05) is 35.2 Å². The van der Waals surface area contributed by atoms with Crippen LogP contribution >= 0.6 is 0 Å². The van der Waals surface area contributed by atoms with Gasteiger partial charge < -0.3 is 10.0 Å². The Hall–Kier alpha value is -2.43. The van der Waals surface area contributed by atoms with E-state index in [4.69, 9.17) is 5.11 Å². The van der Waals surface area contributed by atoms with Gasteiger partial charge in [-0.25, -0.2) is 8.78 Å². The summed E-state index contributed by atoms with van der Waals surface area (Å²) in [6, 6.07) is 12.9. The monoisotopic (exact) mass is 291 g/mol. The highest BCUT2D eigenvalue weighted by Gasteiger charge is 2.11. The average Bonchev–Trinajstić information content (AvgIpc) is 2.48. The van der Waals surface area contributed by atoms with E-state index >= 15 is 0 Å². The molecule has 1 N–H and O–H groups in total. The van der Waals surface area contributed by atoms with Gasteiger partial charge in [-0.1, -0.05) is 24.3 Å². The number of carboxylic acid groups (broad SMARTS) is 1. The Morgan fingerprint density at radius 2 is 1.76 bits per heavy atom. The summed E-state index contributed by atoms with van der Waals surface area (Å²) >= 11 is 0. The largest absolute Gasteiger partial charge is 0.481 e. The fourth-order valence-corrected chi connectivity index (χ4v) is 2.03. The van der Waals surface area contributed by atoms with Crippen LogP contribution in [0.5, 0.6) is 0 Å². The molecule has 2 aromatic carbocycles. The first-order chi connectivity index (χ1) is 10.1. The first kappa shape index (κ1) is 15.0. The van der Waals surface area contributed by atoms with E-state index in [1.54, 1.807) is 0 Å². The normalized spacial score (nSPS) is 10.4. The SMILES string of the molecule is O=C(O)CCN(Cc1ccc(F)c(F)c1)c1ccccc1. The summed E-state index contributed by atoms with van der Waals surface area (Å²) in [5, 5.41) is 8.82. The smallest absolute Gasteiger partial charge is 0.305 e. The lowest BCUT2D eigenvalue weighted by Crippen LogP contribution is -2.25. The summed E-state index contributed by atoms with van der Waals surface area (Å²) < 4.78 is 26.2. The van der Waals surface area contributed by atoms with E-state index in [0.717, 1.165) is 17.8 Å². The molecule has 110 valence electrons. The fraction of sp³-hybridized carbons (Fsp3) is 0.188. The van der Waals surface area contributed by atoms with Crippen molar-refractivity contribution in [3.05, 3.63) is 65.7 Å². The molecule has 0 aliphatic carbocycles. The van der Waals surface area contributed by atoms with Crippen LogP contribution in [0.1, 0.15) is 12.0 Å². The molecule has 2 aromatic rings. The third-order valence-corrected chi connectivity index (χ3v) is 3.07. The van der Waals surface area contributed by atoms with Crippen molar-refractivity contribution in [2.24, 2.45) is 0 Å². The molecule has 0 bridgehead atoms. The Balaban J connectivity index is 2.18. The van der Waals surface area contributed by atoms with E-state index in [2.05, 4.69) is 0 Å². The van der Waals surface area contributed by atoms with Crippen LogP contribution in [0, 0.1) is 11.6 Å². The maximum atomic E-state index is 13.3. The quantitative estimate of drug-likeness (QED) is 0.886. The standard InChI is InChI=1S/C16H15F2NO2/c17-14-7-6-12(10-15(14)18)11-19(9-8-16(20)21)13-4-2-1-3-5-13/h1-7,10H,8-9,11H2,(H,20,21). The van der Waals surface area contributed by atoms with Crippen molar-refractivity contribution in [3.63, 3.8) is 0 Å². The number of halogens is 2. The van der Waals surface area contributed by atoms with Gasteiger partial charge in [0.1, 0.15) is 0 Å². The molecule has 2 rings (SSSR count). The maximum absolute atomic E-state index is 13.3. The van der Waals surface area contributed by atoms with Crippen LogP contribution in [0.25, 0.3) is 0 Å². The van der Waals surface area contributed by atoms with Crippen molar-refractivity contribution in [1.29, 1.82) is 0 Å². The van der Waals surface area contributed by atoms with Gasteiger partial charge in [0.2, 0.25) is 0 Å². The van der Waals surface area contributed by atoms with Crippen molar-refractivity contribution in [2.75, 3.05) is 11.4 Å². The van der Waals surface area contributed by atoms with E-state index in [9.17, 15) is 13.6 Å². The molecule has 0 saturated carbocycles. The number of anilines is 1. The molecular formula is C16H15F2NO2. The Labute approximate surface area is 121 Å². The van der Waals surface area contributed by atoms with Gasteiger partial charge >= 0.3 is 5.97 Å². The Bertz CT molecular complexity index is 617. The molecule has 0 fully saturated rings. The Kier molecular flexibility index (Phi) is 4.87. The van der Waals surface area contributed by atoms with E-state index in [1.165, 1.54) is 6.07 Å². The van der Waals surface area contributed by atoms with Gasteiger partial charge in [-0.15, -0.1) is 0 Å². The van der Waals surface area contributed by atoms with Gasteiger partial charge in [0.15, 0.2) is 11.6 Å². The van der Waals surface area contributed by atoms with E-state index in [-0.39, 0.29) is 6.42 Å². The molecule has 0 aliphatic heterocycles. The predicted molar refractivity (Wildman–Crippen MR) is 76.1 cm³/mol. The van der Waals surface area contributed by atoms with Crippen LogP contribution in [0.15, 0.2) is 48.5 Å². The maximum Gasteiger partial charge on any atom is 0.305 e. The first-order valence-electron chi connectivity index (χ1n) is 6.52.